The van der Waals surface area contributed by atoms with Crippen molar-refractivity contribution in [1.29, 1.82) is 0 Å². The van der Waals surface area contributed by atoms with Gasteiger partial charge in [-0.3, -0.25) is 0 Å². The molecule has 2 aromatic carbocycles. The van der Waals surface area contributed by atoms with Gasteiger partial charge in [-0.25, -0.2) is 4.98 Å². The molecule has 0 atom stereocenters. The standard InChI is InChI=1S/C21H24BrNO3/c1-20(2,3)13-10-14(21(4,5)6)18-16(17(13)25)23-19(26-18)12-9-11(22)7-8-15(12)24/h7-10,24-25H,1-6H3. The summed E-state index contributed by atoms with van der Waals surface area (Å²) in [7, 11) is 0. The molecule has 0 saturated carbocycles. The molecule has 138 valence electrons. The Hall–Kier alpha value is -2.01. The quantitative estimate of drug-likeness (QED) is 0.489. The minimum Gasteiger partial charge on any atom is -0.507 e. The Bertz CT molecular complexity index is 991. The second-order valence-corrected chi connectivity index (χ2v) is 9.59. The van der Waals surface area contributed by atoms with Crippen LogP contribution in [0, 0.1) is 0 Å². The van der Waals surface area contributed by atoms with Gasteiger partial charge in [0.05, 0.1) is 5.56 Å². The molecule has 0 radical (unpaired) electrons. The van der Waals surface area contributed by atoms with Crippen molar-refractivity contribution in [2.45, 2.75) is 52.4 Å². The number of aromatic hydroxyl groups is 2. The maximum Gasteiger partial charge on any atom is 0.231 e. The van der Waals surface area contributed by atoms with Crippen LogP contribution in [-0.4, -0.2) is 15.2 Å². The van der Waals surface area contributed by atoms with Gasteiger partial charge in [-0.1, -0.05) is 57.5 Å². The molecule has 3 aromatic rings. The van der Waals surface area contributed by atoms with Gasteiger partial charge in [0.2, 0.25) is 5.89 Å². The molecule has 0 aliphatic carbocycles. The Balaban J connectivity index is 2.39. The number of aromatic nitrogens is 1. The second kappa shape index (κ2) is 6.02. The first-order valence-corrected chi connectivity index (χ1v) is 9.35. The Morgan fingerprint density at radius 2 is 1.54 bits per heavy atom. The number of hydrogen-bond donors (Lipinski definition) is 2. The minimum atomic E-state index is -0.241. The lowest BCUT2D eigenvalue weighted by Crippen LogP contribution is -2.16. The highest BCUT2D eigenvalue weighted by molar-refractivity contribution is 9.10. The zero-order valence-corrected chi connectivity index (χ0v) is 17.5. The van der Waals surface area contributed by atoms with Crippen LogP contribution in [0.15, 0.2) is 33.2 Å². The summed E-state index contributed by atoms with van der Waals surface area (Å²) in [6, 6.07) is 7.09. The lowest BCUT2D eigenvalue weighted by atomic mass is 9.79. The molecule has 0 fully saturated rings. The summed E-state index contributed by atoms with van der Waals surface area (Å²) < 4.78 is 6.85. The molecule has 26 heavy (non-hydrogen) atoms. The maximum absolute atomic E-state index is 10.9. The molecule has 0 spiro atoms. The fraction of sp³-hybridized carbons (Fsp3) is 0.381. The third-order valence-electron chi connectivity index (χ3n) is 4.44. The largest absolute Gasteiger partial charge is 0.507 e. The number of benzene rings is 2. The van der Waals surface area contributed by atoms with Gasteiger partial charge in [0, 0.05) is 15.6 Å². The molecule has 2 N–H and O–H groups in total. The summed E-state index contributed by atoms with van der Waals surface area (Å²) in [4.78, 5) is 4.54. The Morgan fingerprint density at radius 3 is 2.12 bits per heavy atom. The first-order valence-electron chi connectivity index (χ1n) is 8.56. The number of phenolic OH excluding ortho intramolecular Hbond substituents is 2. The molecule has 4 nitrogen and oxygen atoms in total. The van der Waals surface area contributed by atoms with Gasteiger partial charge in [0.1, 0.15) is 11.5 Å². The van der Waals surface area contributed by atoms with E-state index in [1.54, 1.807) is 18.2 Å². The molecule has 3 rings (SSSR count). The zero-order valence-electron chi connectivity index (χ0n) is 15.9. The third-order valence-corrected chi connectivity index (χ3v) is 4.94. The summed E-state index contributed by atoms with van der Waals surface area (Å²) in [5.41, 5.74) is 2.83. The summed E-state index contributed by atoms with van der Waals surface area (Å²) in [5.74, 6) is 0.489. The van der Waals surface area contributed by atoms with E-state index >= 15 is 0 Å². The summed E-state index contributed by atoms with van der Waals surface area (Å²) in [6.45, 7) is 12.5. The average Bonchev–Trinajstić information content (AvgIpc) is 2.92. The second-order valence-electron chi connectivity index (χ2n) is 8.68. The molecule has 0 aliphatic heterocycles. The molecule has 0 bridgehead atoms. The summed E-state index contributed by atoms with van der Waals surface area (Å²) in [6.07, 6.45) is 0. The van der Waals surface area contributed by atoms with E-state index in [0.29, 0.717) is 16.7 Å². The number of halogens is 1. The van der Waals surface area contributed by atoms with E-state index in [1.807, 2.05) is 6.07 Å². The van der Waals surface area contributed by atoms with Crippen molar-refractivity contribution in [2.75, 3.05) is 0 Å². The van der Waals surface area contributed by atoms with E-state index in [1.165, 1.54) is 0 Å². The van der Waals surface area contributed by atoms with Crippen molar-refractivity contribution in [1.82, 2.24) is 4.98 Å². The van der Waals surface area contributed by atoms with Crippen molar-refractivity contribution in [2.24, 2.45) is 0 Å². The van der Waals surface area contributed by atoms with Crippen LogP contribution in [0.3, 0.4) is 0 Å². The third kappa shape index (κ3) is 3.20. The van der Waals surface area contributed by atoms with Gasteiger partial charge in [-0.2, -0.15) is 0 Å². The van der Waals surface area contributed by atoms with Gasteiger partial charge in [-0.05, 0) is 35.1 Å². The van der Waals surface area contributed by atoms with Crippen LogP contribution in [0.1, 0.15) is 52.7 Å². The van der Waals surface area contributed by atoms with Crippen LogP contribution >= 0.6 is 15.9 Å². The molecular weight excluding hydrogens is 394 g/mol. The molecular formula is C21H24BrNO3. The fourth-order valence-corrected chi connectivity index (χ4v) is 3.35. The van der Waals surface area contributed by atoms with Crippen LogP contribution in [0.4, 0.5) is 0 Å². The number of rotatable bonds is 1. The van der Waals surface area contributed by atoms with Crippen LogP contribution < -0.4 is 0 Å². The Labute approximate surface area is 162 Å². The van der Waals surface area contributed by atoms with Crippen molar-refractivity contribution in [3.8, 4) is 23.0 Å². The highest BCUT2D eigenvalue weighted by Crippen LogP contribution is 2.44. The van der Waals surface area contributed by atoms with Crippen molar-refractivity contribution in [3.63, 3.8) is 0 Å². The molecule has 1 aromatic heterocycles. The van der Waals surface area contributed by atoms with Gasteiger partial charge in [0.15, 0.2) is 11.1 Å². The molecule has 0 saturated heterocycles. The maximum atomic E-state index is 10.9. The van der Waals surface area contributed by atoms with Crippen LogP contribution in [0.5, 0.6) is 11.5 Å². The van der Waals surface area contributed by atoms with E-state index in [0.717, 1.165) is 15.6 Å². The molecule has 1 heterocycles. The van der Waals surface area contributed by atoms with Gasteiger partial charge < -0.3 is 14.6 Å². The van der Waals surface area contributed by atoms with Crippen LogP contribution in [-0.2, 0) is 10.8 Å². The molecule has 0 aliphatic rings. The van der Waals surface area contributed by atoms with Gasteiger partial charge in [0.25, 0.3) is 0 Å². The van der Waals surface area contributed by atoms with Crippen LogP contribution in [0.2, 0.25) is 0 Å². The first-order chi connectivity index (χ1) is 11.9. The molecule has 0 unspecified atom stereocenters. The zero-order chi connectivity index (χ0) is 19.4. The fourth-order valence-electron chi connectivity index (χ4n) is 2.99. The topological polar surface area (TPSA) is 66.5 Å². The molecule has 0 amide bonds. The number of nitrogens with zero attached hydrogens (tertiary/aromatic N) is 1. The first kappa shape index (κ1) is 18.8. The van der Waals surface area contributed by atoms with Crippen molar-refractivity contribution in [3.05, 3.63) is 39.9 Å². The van der Waals surface area contributed by atoms with E-state index in [-0.39, 0.29) is 28.2 Å². The van der Waals surface area contributed by atoms with Gasteiger partial charge in [-0.15, -0.1) is 0 Å². The molecule has 5 heteroatoms. The van der Waals surface area contributed by atoms with E-state index in [9.17, 15) is 10.2 Å². The van der Waals surface area contributed by atoms with E-state index in [2.05, 4.69) is 62.5 Å². The SMILES string of the molecule is CC(C)(C)c1cc(C(C)(C)C)c2oc(-c3cc(Br)ccc3O)nc2c1O. The van der Waals surface area contributed by atoms with Crippen molar-refractivity contribution < 1.29 is 14.6 Å². The number of oxazole rings is 1. The van der Waals surface area contributed by atoms with Crippen molar-refractivity contribution >= 4 is 27.0 Å². The summed E-state index contributed by atoms with van der Waals surface area (Å²) in [5, 5.41) is 21.1. The predicted octanol–water partition coefficient (Wildman–Crippen LogP) is 6.26. The van der Waals surface area contributed by atoms with Gasteiger partial charge >= 0.3 is 0 Å². The smallest absolute Gasteiger partial charge is 0.231 e. The Kier molecular flexibility index (Phi) is 4.34. The predicted molar refractivity (Wildman–Crippen MR) is 108 cm³/mol. The van der Waals surface area contributed by atoms with E-state index in [4.69, 9.17) is 4.42 Å². The number of phenols is 2. The normalized spacial score (nSPS) is 12.7. The van der Waals surface area contributed by atoms with E-state index < -0.39 is 0 Å². The monoisotopic (exact) mass is 417 g/mol. The average molecular weight is 418 g/mol. The highest BCUT2D eigenvalue weighted by Gasteiger charge is 2.29. The minimum absolute atomic E-state index is 0.0765. The van der Waals surface area contributed by atoms with Crippen LogP contribution in [0.25, 0.3) is 22.6 Å². The highest BCUT2D eigenvalue weighted by atomic mass is 79.9. The summed E-state index contributed by atoms with van der Waals surface area (Å²) >= 11 is 3.41. The number of hydrogen-bond acceptors (Lipinski definition) is 4. The lowest BCUT2D eigenvalue weighted by Gasteiger charge is -2.25. The Morgan fingerprint density at radius 1 is 0.923 bits per heavy atom. The lowest BCUT2D eigenvalue weighted by molar-refractivity contribution is 0.449. The number of fused-ring (bicyclic) bond motifs is 1.